The third-order valence-electron chi connectivity index (χ3n) is 4.63. The molecule has 0 amide bonds. The molecule has 0 nitrogen and oxygen atoms in total. The molecule has 0 saturated heterocycles. The van der Waals surface area contributed by atoms with Crippen LogP contribution in [0.15, 0.2) is 0 Å². The maximum absolute atomic E-state index is 4.21. The van der Waals surface area contributed by atoms with Crippen LogP contribution in [0.5, 0.6) is 0 Å². The second-order valence-electron chi connectivity index (χ2n) is 7.26. The lowest BCUT2D eigenvalue weighted by molar-refractivity contribution is 0.564. The second kappa shape index (κ2) is 31.1. The van der Waals surface area contributed by atoms with Crippen LogP contribution in [0.1, 0.15) is 116 Å². The van der Waals surface area contributed by atoms with E-state index in [1.165, 1.54) is 116 Å². The summed E-state index contributed by atoms with van der Waals surface area (Å²) >= 11 is 16.8. The summed E-state index contributed by atoms with van der Waals surface area (Å²) in [5.74, 6) is 4.23. The third kappa shape index (κ3) is 33.0. The van der Waals surface area contributed by atoms with Crippen molar-refractivity contribution in [2.24, 2.45) is 0 Å². The molecule has 26 heavy (non-hydrogen) atoms. The molecular formula is C22H48S4. The van der Waals surface area contributed by atoms with Crippen LogP contribution in [0, 0.1) is 0 Å². The topological polar surface area (TPSA) is 0 Å². The second-order valence-corrected chi connectivity index (χ2v) is 9.05. The fraction of sp³-hybridized carbons (Fsp3) is 1.00. The Bertz CT molecular complexity index is 190. The highest BCUT2D eigenvalue weighted by Crippen LogP contribution is 2.11. The molecule has 0 aromatic carbocycles. The molecule has 0 aliphatic carbocycles. The molecule has 0 N–H and O–H groups in total. The predicted molar refractivity (Wildman–Crippen MR) is 139 cm³/mol. The SMILES string of the molecule is SCCCCCCCCCCCCS.SCCCCCCCCCCS. The lowest BCUT2D eigenvalue weighted by Crippen LogP contribution is -1.83. The van der Waals surface area contributed by atoms with Gasteiger partial charge in [-0.2, -0.15) is 50.5 Å². The van der Waals surface area contributed by atoms with Crippen molar-refractivity contribution in [1.82, 2.24) is 0 Å². The summed E-state index contributed by atoms with van der Waals surface area (Å²) in [5.41, 5.74) is 0. The molecule has 0 atom stereocenters. The predicted octanol–water partition coefficient (Wildman–Crippen LogP) is 8.71. The van der Waals surface area contributed by atoms with Crippen molar-refractivity contribution in [2.45, 2.75) is 116 Å². The largest absolute Gasteiger partial charge is 0.179 e. The molecule has 160 valence electrons. The average Bonchev–Trinajstić information content (AvgIpc) is 2.66. The smallest absolute Gasteiger partial charge is 0.00979 e. The first kappa shape index (κ1) is 29.6. The number of hydrogen-bond donors (Lipinski definition) is 4. The minimum Gasteiger partial charge on any atom is -0.179 e. The molecule has 0 aromatic rings. The van der Waals surface area contributed by atoms with Gasteiger partial charge in [0.2, 0.25) is 0 Å². The van der Waals surface area contributed by atoms with Crippen molar-refractivity contribution in [3.8, 4) is 0 Å². The fourth-order valence-corrected chi connectivity index (χ4v) is 3.82. The Labute approximate surface area is 188 Å². The Morgan fingerprint density at radius 3 is 0.423 bits per heavy atom. The lowest BCUT2D eigenvalue weighted by Gasteiger charge is -2.01. The summed E-state index contributed by atoms with van der Waals surface area (Å²) in [7, 11) is 0. The van der Waals surface area contributed by atoms with E-state index in [2.05, 4.69) is 50.5 Å². The highest BCUT2D eigenvalue weighted by atomic mass is 32.1. The Morgan fingerprint density at radius 1 is 0.192 bits per heavy atom. The standard InChI is InChI=1S/C12H26S2.C10H22S2/c13-11-9-7-5-3-1-2-4-6-8-10-12-14;11-9-7-5-3-1-2-4-6-8-10-12/h13-14H,1-12H2;11-12H,1-10H2. The molecule has 0 saturated carbocycles. The van der Waals surface area contributed by atoms with Gasteiger partial charge in [0.1, 0.15) is 0 Å². The zero-order valence-electron chi connectivity index (χ0n) is 17.3. The number of hydrogen-bond acceptors (Lipinski definition) is 4. The van der Waals surface area contributed by atoms with Gasteiger partial charge in [0.05, 0.1) is 0 Å². The monoisotopic (exact) mass is 440 g/mol. The molecule has 0 radical (unpaired) electrons. The molecule has 0 unspecified atom stereocenters. The first-order valence-electron chi connectivity index (χ1n) is 11.3. The molecule has 0 spiro atoms. The van der Waals surface area contributed by atoms with Crippen molar-refractivity contribution in [2.75, 3.05) is 23.0 Å². The number of rotatable bonds is 20. The van der Waals surface area contributed by atoms with Crippen molar-refractivity contribution in [3.05, 3.63) is 0 Å². The molecule has 0 aromatic heterocycles. The summed E-state index contributed by atoms with van der Waals surface area (Å²) in [4.78, 5) is 0. The summed E-state index contributed by atoms with van der Waals surface area (Å²) in [6, 6.07) is 0. The normalized spacial score (nSPS) is 10.6. The van der Waals surface area contributed by atoms with Crippen LogP contribution in [-0.2, 0) is 0 Å². The van der Waals surface area contributed by atoms with Crippen LogP contribution in [0.3, 0.4) is 0 Å². The Hall–Kier alpha value is 1.40. The first-order chi connectivity index (χ1) is 12.8. The fourth-order valence-electron chi connectivity index (χ4n) is 2.92. The van der Waals surface area contributed by atoms with Gasteiger partial charge in [-0.15, -0.1) is 0 Å². The zero-order valence-corrected chi connectivity index (χ0v) is 20.9. The Kier molecular flexibility index (Phi) is 35.4. The maximum atomic E-state index is 4.21. The van der Waals surface area contributed by atoms with Gasteiger partial charge in [-0.05, 0) is 48.7 Å². The van der Waals surface area contributed by atoms with E-state index in [1.54, 1.807) is 0 Å². The van der Waals surface area contributed by atoms with E-state index in [-0.39, 0.29) is 0 Å². The highest BCUT2D eigenvalue weighted by molar-refractivity contribution is 7.80. The molecule has 0 aliphatic heterocycles. The molecule has 0 heterocycles. The van der Waals surface area contributed by atoms with Crippen molar-refractivity contribution in [1.29, 1.82) is 0 Å². The van der Waals surface area contributed by atoms with Crippen molar-refractivity contribution in [3.63, 3.8) is 0 Å². The van der Waals surface area contributed by atoms with Crippen molar-refractivity contribution >= 4 is 50.5 Å². The van der Waals surface area contributed by atoms with Gasteiger partial charge < -0.3 is 0 Å². The van der Waals surface area contributed by atoms with Gasteiger partial charge in [0, 0.05) is 0 Å². The molecule has 0 bridgehead atoms. The van der Waals surface area contributed by atoms with E-state index in [4.69, 9.17) is 0 Å². The van der Waals surface area contributed by atoms with E-state index in [0.29, 0.717) is 0 Å². The number of unbranched alkanes of at least 4 members (excludes halogenated alkanes) is 16. The quantitative estimate of drug-likeness (QED) is 0.106. The van der Waals surface area contributed by atoms with Crippen LogP contribution in [0.2, 0.25) is 0 Å². The van der Waals surface area contributed by atoms with Crippen LogP contribution in [-0.4, -0.2) is 23.0 Å². The van der Waals surface area contributed by atoms with Gasteiger partial charge in [-0.3, -0.25) is 0 Å². The third-order valence-corrected chi connectivity index (χ3v) is 5.90. The molecular weight excluding hydrogens is 393 g/mol. The van der Waals surface area contributed by atoms with Gasteiger partial charge in [0.15, 0.2) is 0 Å². The first-order valence-corrected chi connectivity index (χ1v) is 13.8. The van der Waals surface area contributed by atoms with E-state index in [9.17, 15) is 0 Å². The maximum Gasteiger partial charge on any atom is -0.00979 e. The van der Waals surface area contributed by atoms with E-state index < -0.39 is 0 Å². The minimum atomic E-state index is 1.06. The average molecular weight is 441 g/mol. The summed E-state index contributed by atoms with van der Waals surface area (Å²) in [6.07, 6.45) is 24.9. The van der Waals surface area contributed by atoms with Crippen LogP contribution >= 0.6 is 50.5 Å². The minimum absolute atomic E-state index is 1.06. The van der Waals surface area contributed by atoms with Crippen LogP contribution in [0.4, 0.5) is 0 Å². The number of thiol groups is 4. The highest BCUT2D eigenvalue weighted by Gasteiger charge is 1.92. The van der Waals surface area contributed by atoms with E-state index in [0.717, 1.165) is 23.0 Å². The zero-order chi connectivity index (χ0) is 19.6. The van der Waals surface area contributed by atoms with Gasteiger partial charge in [-0.25, -0.2) is 0 Å². The Morgan fingerprint density at radius 2 is 0.308 bits per heavy atom. The van der Waals surface area contributed by atoms with Gasteiger partial charge >= 0.3 is 0 Å². The van der Waals surface area contributed by atoms with Gasteiger partial charge in [-0.1, -0.05) is 89.9 Å². The Balaban J connectivity index is 0. The molecule has 0 rings (SSSR count). The molecule has 4 heteroatoms. The van der Waals surface area contributed by atoms with Crippen LogP contribution in [0.25, 0.3) is 0 Å². The summed E-state index contributed by atoms with van der Waals surface area (Å²) in [6.45, 7) is 0. The van der Waals surface area contributed by atoms with Crippen molar-refractivity contribution < 1.29 is 0 Å². The molecule has 0 aliphatic rings. The summed E-state index contributed by atoms with van der Waals surface area (Å²) < 4.78 is 0. The lowest BCUT2D eigenvalue weighted by atomic mass is 10.1. The van der Waals surface area contributed by atoms with E-state index in [1.807, 2.05) is 0 Å². The van der Waals surface area contributed by atoms with Gasteiger partial charge in [0.25, 0.3) is 0 Å². The summed E-state index contributed by atoms with van der Waals surface area (Å²) in [5, 5.41) is 0. The molecule has 0 fully saturated rings. The van der Waals surface area contributed by atoms with Crippen LogP contribution < -0.4 is 0 Å². The van der Waals surface area contributed by atoms with E-state index >= 15 is 0 Å².